The third-order valence-electron chi connectivity index (χ3n) is 2.55. The predicted molar refractivity (Wildman–Crippen MR) is 80.5 cm³/mol. The van der Waals surface area contributed by atoms with Gasteiger partial charge in [-0.25, -0.2) is 13.1 Å². The zero-order valence-corrected chi connectivity index (χ0v) is 13.4. The number of methoxy groups -OCH3 is 2. The van der Waals surface area contributed by atoms with Crippen LogP contribution in [0.15, 0.2) is 23.1 Å². The molecule has 0 unspecified atom stereocenters. The lowest BCUT2D eigenvalue weighted by Crippen LogP contribution is -2.27. The van der Waals surface area contributed by atoms with Crippen molar-refractivity contribution < 1.29 is 17.9 Å². The molecule has 0 amide bonds. The molecule has 20 heavy (non-hydrogen) atoms. The summed E-state index contributed by atoms with van der Waals surface area (Å²) < 4.78 is 37.2. The molecule has 0 spiro atoms. The van der Waals surface area contributed by atoms with Crippen molar-refractivity contribution in [1.82, 2.24) is 10.0 Å². The van der Waals surface area contributed by atoms with Crippen molar-refractivity contribution in [1.29, 1.82) is 0 Å². The van der Waals surface area contributed by atoms with Gasteiger partial charge >= 0.3 is 0 Å². The molecule has 0 fully saturated rings. The van der Waals surface area contributed by atoms with Crippen LogP contribution < -0.4 is 19.5 Å². The molecule has 0 aliphatic rings. The first-order valence-corrected chi connectivity index (χ1v) is 7.40. The molecule has 0 bridgehead atoms. The van der Waals surface area contributed by atoms with E-state index in [2.05, 4.69) is 10.0 Å². The average molecular weight is 325 g/mol. The van der Waals surface area contributed by atoms with Gasteiger partial charge in [-0.15, -0.1) is 12.4 Å². The summed E-state index contributed by atoms with van der Waals surface area (Å²) in [7, 11) is 1.01. The molecular weight excluding hydrogens is 304 g/mol. The van der Waals surface area contributed by atoms with Crippen LogP contribution in [-0.4, -0.2) is 42.8 Å². The molecule has 2 N–H and O–H groups in total. The summed E-state index contributed by atoms with van der Waals surface area (Å²) in [6.45, 7) is 1.09. The van der Waals surface area contributed by atoms with Crippen molar-refractivity contribution >= 4 is 22.4 Å². The Morgan fingerprint density at radius 2 is 1.65 bits per heavy atom. The fraction of sp³-hybridized carbons (Fsp3) is 0.500. The van der Waals surface area contributed by atoms with Gasteiger partial charge in [0.2, 0.25) is 10.0 Å². The molecule has 0 heterocycles. The fourth-order valence-electron chi connectivity index (χ4n) is 1.63. The Hall–Kier alpha value is -1.02. The third kappa shape index (κ3) is 4.82. The number of hydrogen-bond donors (Lipinski definition) is 2. The Balaban J connectivity index is 0.00000361. The summed E-state index contributed by atoms with van der Waals surface area (Å²) >= 11 is 0. The Bertz CT molecular complexity index is 486. The van der Waals surface area contributed by atoms with Crippen LogP contribution in [0.2, 0.25) is 0 Å². The van der Waals surface area contributed by atoms with Gasteiger partial charge in [-0.05, 0) is 32.1 Å². The third-order valence-corrected chi connectivity index (χ3v) is 4.07. The molecule has 116 valence electrons. The lowest BCUT2D eigenvalue weighted by atomic mass is 10.3. The molecule has 0 saturated carbocycles. The van der Waals surface area contributed by atoms with E-state index in [0.29, 0.717) is 13.0 Å². The molecule has 0 radical (unpaired) electrons. The second-order valence-electron chi connectivity index (χ2n) is 3.85. The lowest BCUT2D eigenvalue weighted by Gasteiger charge is -2.14. The Morgan fingerprint density at radius 1 is 1.10 bits per heavy atom. The molecule has 0 aromatic heterocycles. The number of sulfonamides is 1. The molecule has 0 saturated heterocycles. The van der Waals surface area contributed by atoms with Crippen molar-refractivity contribution in [2.75, 3.05) is 34.4 Å². The van der Waals surface area contributed by atoms with Crippen LogP contribution in [0.5, 0.6) is 11.5 Å². The van der Waals surface area contributed by atoms with Crippen LogP contribution in [0.3, 0.4) is 0 Å². The molecule has 6 nitrogen and oxygen atoms in total. The van der Waals surface area contributed by atoms with E-state index in [-0.39, 0.29) is 28.8 Å². The highest BCUT2D eigenvalue weighted by Crippen LogP contribution is 2.32. The maximum Gasteiger partial charge on any atom is 0.247 e. The van der Waals surface area contributed by atoms with E-state index < -0.39 is 10.0 Å². The van der Waals surface area contributed by atoms with E-state index >= 15 is 0 Å². The molecule has 0 aliphatic heterocycles. The quantitative estimate of drug-likeness (QED) is 0.698. The Kier molecular flexibility index (Phi) is 8.56. The van der Waals surface area contributed by atoms with Crippen molar-refractivity contribution in [2.24, 2.45) is 0 Å². The van der Waals surface area contributed by atoms with E-state index in [9.17, 15) is 8.42 Å². The van der Waals surface area contributed by atoms with Crippen LogP contribution in [0.4, 0.5) is 0 Å². The largest absolute Gasteiger partial charge is 0.495 e. The zero-order valence-electron chi connectivity index (χ0n) is 11.8. The summed E-state index contributed by atoms with van der Waals surface area (Å²) in [5.74, 6) is 0.529. The number of rotatable bonds is 8. The number of hydrogen-bond acceptors (Lipinski definition) is 5. The van der Waals surface area contributed by atoms with Gasteiger partial charge in [0.1, 0.15) is 11.5 Å². The number of ether oxygens (including phenoxy) is 2. The van der Waals surface area contributed by atoms with E-state index in [0.717, 1.165) is 6.54 Å². The molecule has 0 aliphatic carbocycles. The standard InChI is InChI=1S/C12H20N2O4S.ClH/c1-13-8-5-9-14-19(15,16)12-10(17-2)6-4-7-11(12)18-3;/h4,6-7,13-14H,5,8-9H2,1-3H3;1H. The summed E-state index contributed by atoms with van der Waals surface area (Å²) in [6, 6.07) is 4.85. The molecule has 0 atom stereocenters. The smallest absolute Gasteiger partial charge is 0.247 e. The minimum absolute atomic E-state index is 0. The van der Waals surface area contributed by atoms with Crippen LogP contribution in [0, 0.1) is 0 Å². The van der Waals surface area contributed by atoms with Crippen LogP contribution in [-0.2, 0) is 10.0 Å². The minimum Gasteiger partial charge on any atom is -0.495 e. The van der Waals surface area contributed by atoms with E-state index in [1.54, 1.807) is 18.2 Å². The highest BCUT2D eigenvalue weighted by atomic mass is 35.5. The minimum atomic E-state index is -3.65. The number of halogens is 1. The van der Waals surface area contributed by atoms with Gasteiger partial charge in [-0.3, -0.25) is 0 Å². The molecule has 1 rings (SSSR count). The number of nitrogens with one attached hydrogen (secondary N) is 2. The monoisotopic (exact) mass is 324 g/mol. The predicted octanol–water partition coefficient (Wildman–Crippen LogP) is 1.01. The van der Waals surface area contributed by atoms with Crippen molar-refractivity contribution in [2.45, 2.75) is 11.3 Å². The van der Waals surface area contributed by atoms with Gasteiger partial charge in [-0.2, -0.15) is 0 Å². The first-order chi connectivity index (χ1) is 9.06. The maximum atomic E-state index is 12.3. The SMILES string of the molecule is CNCCCNS(=O)(=O)c1c(OC)cccc1OC.Cl. The van der Waals surface area contributed by atoms with Crippen LogP contribution in [0.25, 0.3) is 0 Å². The summed E-state index contributed by atoms with van der Waals surface area (Å²) in [4.78, 5) is 0.0319. The first-order valence-electron chi connectivity index (χ1n) is 5.92. The summed E-state index contributed by atoms with van der Waals surface area (Å²) in [5.41, 5.74) is 0. The van der Waals surface area contributed by atoms with Crippen molar-refractivity contribution in [3.63, 3.8) is 0 Å². The van der Waals surface area contributed by atoms with Gasteiger partial charge in [0.05, 0.1) is 14.2 Å². The molecule has 1 aromatic carbocycles. The lowest BCUT2D eigenvalue weighted by molar-refractivity contribution is 0.373. The topological polar surface area (TPSA) is 76.7 Å². The second kappa shape index (κ2) is 9.02. The summed E-state index contributed by atoms with van der Waals surface area (Å²) in [5, 5.41) is 2.95. The van der Waals surface area contributed by atoms with E-state index in [4.69, 9.17) is 9.47 Å². The number of benzene rings is 1. The van der Waals surface area contributed by atoms with Crippen molar-refractivity contribution in [3.8, 4) is 11.5 Å². The van der Waals surface area contributed by atoms with E-state index in [1.807, 2.05) is 7.05 Å². The highest BCUT2D eigenvalue weighted by molar-refractivity contribution is 7.89. The normalized spacial score (nSPS) is 10.8. The van der Waals surface area contributed by atoms with Gasteiger partial charge in [-0.1, -0.05) is 6.07 Å². The van der Waals surface area contributed by atoms with Gasteiger partial charge in [0, 0.05) is 6.54 Å². The molecule has 1 aromatic rings. The van der Waals surface area contributed by atoms with Gasteiger partial charge < -0.3 is 14.8 Å². The Labute approximate surface area is 126 Å². The molecule has 8 heteroatoms. The van der Waals surface area contributed by atoms with E-state index in [1.165, 1.54) is 14.2 Å². The average Bonchev–Trinajstić information content (AvgIpc) is 2.42. The Morgan fingerprint density at radius 3 is 2.10 bits per heavy atom. The first kappa shape index (κ1) is 19.0. The second-order valence-corrected chi connectivity index (χ2v) is 5.55. The highest BCUT2D eigenvalue weighted by Gasteiger charge is 2.23. The zero-order chi connectivity index (χ0) is 14.3. The maximum absolute atomic E-state index is 12.3. The van der Waals surface area contributed by atoms with Gasteiger partial charge in [0.15, 0.2) is 4.90 Å². The van der Waals surface area contributed by atoms with Crippen molar-refractivity contribution in [3.05, 3.63) is 18.2 Å². The summed E-state index contributed by atoms with van der Waals surface area (Å²) in [6.07, 6.45) is 0.702. The van der Waals surface area contributed by atoms with Crippen LogP contribution in [0.1, 0.15) is 6.42 Å². The fourth-order valence-corrected chi connectivity index (χ4v) is 3.02. The van der Waals surface area contributed by atoms with Crippen LogP contribution >= 0.6 is 12.4 Å². The molecular formula is C12H21ClN2O4S. The van der Waals surface area contributed by atoms with Gasteiger partial charge in [0.25, 0.3) is 0 Å².